The lowest BCUT2D eigenvalue weighted by Crippen LogP contribution is -2.19. The minimum absolute atomic E-state index is 0.0801. The molecule has 1 aromatic rings. The number of halogens is 1. The van der Waals surface area contributed by atoms with Crippen molar-refractivity contribution in [3.63, 3.8) is 0 Å². The molecule has 0 amide bonds. The average molecular weight is 214 g/mol. The zero-order valence-corrected chi connectivity index (χ0v) is 8.53. The van der Waals surface area contributed by atoms with E-state index in [1.165, 1.54) is 18.2 Å². The van der Waals surface area contributed by atoms with Crippen molar-refractivity contribution >= 4 is 23.0 Å². The maximum absolute atomic E-state index is 12.9. The van der Waals surface area contributed by atoms with Gasteiger partial charge < -0.3 is 15.8 Å². The van der Waals surface area contributed by atoms with Crippen molar-refractivity contribution in [1.82, 2.24) is 0 Å². The van der Waals surface area contributed by atoms with Crippen LogP contribution in [0.4, 0.5) is 10.1 Å². The summed E-state index contributed by atoms with van der Waals surface area (Å²) in [5, 5.41) is 2.72. The Morgan fingerprint density at radius 2 is 2.36 bits per heavy atom. The van der Waals surface area contributed by atoms with Crippen LogP contribution in [0.15, 0.2) is 18.2 Å². The second kappa shape index (κ2) is 4.76. The van der Waals surface area contributed by atoms with Gasteiger partial charge in [-0.2, -0.15) is 0 Å². The van der Waals surface area contributed by atoms with E-state index in [4.69, 9.17) is 10.5 Å². The summed E-state index contributed by atoms with van der Waals surface area (Å²) in [6.07, 6.45) is 0. The SMILES string of the molecule is CCOc1ccc(F)cc1NC(N)=S. The van der Waals surface area contributed by atoms with Crippen LogP contribution >= 0.6 is 12.2 Å². The minimum Gasteiger partial charge on any atom is -0.492 e. The Labute approximate surface area is 87.1 Å². The summed E-state index contributed by atoms with van der Waals surface area (Å²) < 4.78 is 18.1. The van der Waals surface area contributed by atoms with Gasteiger partial charge in [0.05, 0.1) is 12.3 Å². The Morgan fingerprint density at radius 1 is 1.64 bits per heavy atom. The third kappa shape index (κ3) is 2.85. The first-order valence-corrected chi connectivity index (χ1v) is 4.53. The summed E-state index contributed by atoms with van der Waals surface area (Å²) in [4.78, 5) is 0. The van der Waals surface area contributed by atoms with Crippen molar-refractivity contribution < 1.29 is 9.13 Å². The van der Waals surface area contributed by atoms with Gasteiger partial charge in [0.25, 0.3) is 0 Å². The van der Waals surface area contributed by atoms with E-state index in [0.717, 1.165) is 0 Å². The summed E-state index contributed by atoms with van der Waals surface area (Å²) >= 11 is 4.65. The van der Waals surface area contributed by atoms with Crippen molar-refractivity contribution in [2.75, 3.05) is 11.9 Å². The van der Waals surface area contributed by atoms with Crippen LogP contribution in [-0.4, -0.2) is 11.7 Å². The Balaban J connectivity index is 2.96. The molecule has 0 saturated carbocycles. The Hall–Kier alpha value is -1.36. The average Bonchev–Trinajstić information content (AvgIpc) is 2.09. The van der Waals surface area contributed by atoms with Gasteiger partial charge in [0.15, 0.2) is 5.11 Å². The van der Waals surface area contributed by atoms with Gasteiger partial charge in [-0.3, -0.25) is 0 Å². The highest BCUT2D eigenvalue weighted by molar-refractivity contribution is 7.80. The van der Waals surface area contributed by atoms with Gasteiger partial charge in [-0.15, -0.1) is 0 Å². The number of ether oxygens (including phenoxy) is 1. The molecule has 0 bridgehead atoms. The third-order valence-electron chi connectivity index (χ3n) is 1.50. The molecular weight excluding hydrogens is 203 g/mol. The summed E-state index contributed by atoms with van der Waals surface area (Å²) in [6.45, 7) is 2.34. The van der Waals surface area contributed by atoms with E-state index in [1.807, 2.05) is 6.92 Å². The number of hydrogen-bond acceptors (Lipinski definition) is 2. The molecular formula is C9H11FN2OS. The molecule has 0 aliphatic heterocycles. The Morgan fingerprint density at radius 3 is 2.93 bits per heavy atom. The first-order valence-electron chi connectivity index (χ1n) is 4.12. The van der Waals surface area contributed by atoms with Gasteiger partial charge in [0.1, 0.15) is 11.6 Å². The zero-order valence-electron chi connectivity index (χ0n) is 7.71. The molecule has 0 radical (unpaired) electrons. The molecule has 0 spiro atoms. The highest BCUT2D eigenvalue weighted by Gasteiger charge is 2.04. The smallest absolute Gasteiger partial charge is 0.168 e. The third-order valence-corrected chi connectivity index (χ3v) is 1.60. The maximum Gasteiger partial charge on any atom is 0.168 e. The van der Waals surface area contributed by atoms with E-state index < -0.39 is 0 Å². The number of benzene rings is 1. The number of anilines is 1. The summed E-state index contributed by atoms with van der Waals surface area (Å²) in [5.41, 5.74) is 5.73. The van der Waals surface area contributed by atoms with Gasteiger partial charge in [0.2, 0.25) is 0 Å². The van der Waals surface area contributed by atoms with Crippen molar-refractivity contribution in [1.29, 1.82) is 0 Å². The van der Waals surface area contributed by atoms with Gasteiger partial charge in [-0.25, -0.2) is 4.39 Å². The molecule has 0 aromatic heterocycles. The molecule has 5 heteroatoms. The van der Waals surface area contributed by atoms with E-state index in [-0.39, 0.29) is 10.9 Å². The molecule has 0 heterocycles. The summed E-state index contributed by atoms with van der Waals surface area (Å²) in [6, 6.07) is 4.12. The molecule has 0 fully saturated rings. The van der Waals surface area contributed by atoms with Crippen LogP contribution in [0.2, 0.25) is 0 Å². The Bertz CT molecular complexity index is 344. The van der Waals surface area contributed by atoms with Crippen molar-refractivity contribution in [3.05, 3.63) is 24.0 Å². The standard InChI is InChI=1S/C9H11FN2OS/c1-2-13-8-4-3-6(10)5-7(8)12-9(11)14/h3-5H,2H2,1H3,(H3,11,12,14). The summed E-state index contributed by atoms with van der Waals surface area (Å²) in [7, 11) is 0. The number of thiocarbonyl (C=S) groups is 1. The molecule has 3 nitrogen and oxygen atoms in total. The zero-order chi connectivity index (χ0) is 10.6. The number of hydrogen-bond donors (Lipinski definition) is 2. The highest BCUT2D eigenvalue weighted by Crippen LogP contribution is 2.24. The topological polar surface area (TPSA) is 47.3 Å². The Kier molecular flexibility index (Phi) is 3.64. The number of nitrogens with two attached hydrogens (primary N) is 1. The fourth-order valence-corrected chi connectivity index (χ4v) is 1.12. The molecule has 0 saturated heterocycles. The van der Waals surface area contributed by atoms with E-state index in [0.29, 0.717) is 18.0 Å². The van der Waals surface area contributed by atoms with Crippen LogP contribution in [0.1, 0.15) is 6.92 Å². The first-order chi connectivity index (χ1) is 6.63. The van der Waals surface area contributed by atoms with Gasteiger partial charge in [-0.1, -0.05) is 0 Å². The molecule has 14 heavy (non-hydrogen) atoms. The van der Waals surface area contributed by atoms with Crippen LogP contribution in [0.3, 0.4) is 0 Å². The highest BCUT2D eigenvalue weighted by atomic mass is 32.1. The van der Waals surface area contributed by atoms with Crippen LogP contribution in [0.5, 0.6) is 5.75 Å². The van der Waals surface area contributed by atoms with Crippen LogP contribution in [0, 0.1) is 5.82 Å². The maximum atomic E-state index is 12.9. The van der Waals surface area contributed by atoms with Crippen LogP contribution in [0.25, 0.3) is 0 Å². The fraction of sp³-hybridized carbons (Fsp3) is 0.222. The number of rotatable bonds is 3. The quantitative estimate of drug-likeness (QED) is 0.754. The van der Waals surface area contributed by atoms with Gasteiger partial charge >= 0.3 is 0 Å². The first kappa shape index (κ1) is 10.7. The predicted molar refractivity (Wildman–Crippen MR) is 58.0 cm³/mol. The summed E-state index contributed by atoms with van der Waals surface area (Å²) in [5.74, 6) is 0.161. The van der Waals surface area contributed by atoms with Crippen LogP contribution < -0.4 is 15.8 Å². The molecule has 1 aromatic carbocycles. The van der Waals surface area contributed by atoms with Gasteiger partial charge in [-0.05, 0) is 31.3 Å². The molecule has 0 unspecified atom stereocenters. The van der Waals surface area contributed by atoms with E-state index in [2.05, 4.69) is 17.5 Å². The van der Waals surface area contributed by atoms with E-state index in [9.17, 15) is 4.39 Å². The minimum atomic E-state index is -0.368. The fourth-order valence-electron chi connectivity index (χ4n) is 1.01. The molecule has 0 aliphatic rings. The monoisotopic (exact) mass is 214 g/mol. The molecule has 3 N–H and O–H groups in total. The van der Waals surface area contributed by atoms with Crippen molar-refractivity contribution in [2.24, 2.45) is 5.73 Å². The lowest BCUT2D eigenvalue weighted by molar-refractivity contribution is 0.341. The second-order valence-electron chi connectivity index (χ2n) is 2.56. The normalized spacial score (nSPS) is 9.57. The largest absolute Gasteiger partial charge is 0.492 e. The van der Waals surface area contributed by atoms with Gasteiger partial charge in [0, 0.05) is 6.07 Å². The van der Waals surface area contributed by atoms with E-state index >= 15 is 0 Å². The van der Waals surface area contributed by atoms with E-state index in [1.54, 1.807) is 0 Å². The molecule has 1 rings (SSSR count). The number of nitrogens with one attached hydrogen (secondary N) is 1. The lowest BCUT2D eigenvalue weighted by atomic mass is 10.3. The molecule has 0 atom stereocenters. The van der Waals surface area contributed by atoms with Crippen molar-refractivity contribution in [2.45, 2.75) is 6.92 Å². The van der Waals surface area contributed by atoms with Crippen molar-refractivity contribution in [3.8, 4) is 5.75 Å². The van der Waals surface area contributed by atoms with Crippen LogP contribution in [-0.2, 0) is 0 Å². The molecule has 76 valence electrons. The predicted octanol–water partition coefficient (Wildman–Crippen LogP) is 1.88. The lowest BCUT2D eigenvalue weighted by Gasteiger charge is -2.10. The second-order valence-corrected chi connectivity index (χ2v) is 3.00. The molecule has 0 aliphatic carbocycles.